The molecule has 1 fully saturated rings. The Kier molecular flexibility index (Phi) is 8.80. The summed E-state index contributed by atoms with van der Waals surface area (Å²) in [5, 5.41) is 12.9. The maximum atomic E-state index is 15.8. The largest absolute Gasteiger partial charge is 0.481 e. The fraction of sp³-hybridized carbons (Fsp3) is 0.571. The van der Waals surface area contributed by atoms with Crippen LogP contribution in [0.5, 0.6) is 5.75 Å². The summed E-state index contributed by atoms with van der Waals surface area (Å²) in [4.78, 5) is 18.4. The SMILES string of the molecule is CCC(OC)Oc1cccc(C(CC(=O)O)CN2CC[C@@](F)(CCc3ccc4c(n3)NCCC4)C2)c1. The molecule has 0 aliphatic carbocycles. The van der Waals surface area contributed by atoms with Gasteiger partial charge < -0.3 is 19.9 Å². The number of fused-ring (bicyclic) bond motifs is 1. The Bertz CT molecular complexity index is 1030. The third kappa shape index (κ3) is 6.95. The van der Waals surface area contributed by atoms with Crippen molar-refractivity contribution in [2.75, 3.05) is 38.6 Å². The molecule has 2 aromatic rings. The van der Waals surface area contributed by atoms with E-state index < -0.39 is 11.6 Å². The highest BCUT2D eigenvalue weighted by molar-refractivity contribution is 5.68. The lowest BCUT2D eigenvalue weighted by atomic mass is 9.94. The van der Waals surface area contributed by atoms with Crippen LogP contribution in [-0.4, -0.2) is 66.2 Å². The molecular formula is C28H38FN3O4. The molecule has 1 aromatic heterocycles. The minimum atomic E-state index is -1.30. The van der Waals surface area contributed by atoms with E-state index in [-0.39, 0.29) is 18.6 Å². The first-order valence-corrected chi connectivity index (χ1v) is 13.0. The standard InChI is InChI=1S/C28H38FN3O4/c1-3-26(35-2)36-24-8-4-6-21(16-24)22(17-25(33)34)18-32-15-13-28(29,19-32)12-11-23-10-9-20-7-5-14-30-27(20)31-23/h4,6,8-10,16,22,26H,3,5,7,11-15,17-19H2,1-2H3,(H,30,31)(H,33,34)/t22?,26?,28-/m0/s1. The second-order valence-corrected chi connectivity index (χ2v) is 10.0. The highest BCUT2D eigenvalue weighted by atomic mass is 19.1. The van der Waals surface area contributed by atoms with Gasteiger partial charge in [-0.3, -0.25) is 9.69 Å². The van der Waals surface area contributed by atoms with Crippen molar-refractivity contribution in [1.29, 1.82) is 0 Å². The van der Waals surface area contributed by atoms with Crippen molar-refractivity contribution in [1.82, 2.24) is 9.88 Å². The number of carbonyl (C=O) groups is 1. The molecule has 2 aliphatic heterocycles. The van der Waals surface area contributed by atoms with Gasteiger partial charge >= 0.3 is 5.97 Å². The van der Waals surface area contributed by atoms with Gasteiger partial charge in [0.1, 0.15) is 17.2 Å². The number of methoxy groups -OCH3 is 1. The highest BCUT2D eigenvalue weighted by Crippen LogP contribution is 2.34. The first kappa shape index (κ1) is 26.4. The summed E-state index contributed by atoms with van der Waals surface area (Å²) in [5.74, 6) is 0.458. The van der Waals surface area contributed by atoms with Crippen molar-refractivity contribution in [3.05, 3.63) is 53.2 Å². The number of ether oxygens (including phenoxy) is 2. The molecule has 196 valence electrons. The normalized spacial score (nSPS) is 21.4. The molecule has 2 aliphatic rings. The number of aromatic nitrogens is 1. The van der Waals surface area contributed by atoms with E-state index in [1.54, 1.807) is 7.11 Å². The number of aliphatic carboxylic acids is 1. The Balaban J connectivity index is 1.37. The number of aryl methyl sites for hydroxylation is 2. The summed E-state index contributed by atoms with van der Waals surface area (Å²) in [7, 11) is 1.60. The van der Waals surface area contributed by atoms with Crippen LogP contribution in [0.2, 0.25) is 0 Å². The van der Waals surface area contributed by atoms with Crippen LogP contribution in [0, 0.1) is 0 Å². The number of rotatable bonds is 12. The molecule has 1 aromatic carbocycles. The number of hydrogen-bond donors (Lipinski definition) is 2. The molecule has 0 amide bonds. The van der Waals surface area contributed by atoms with Gasteiger partial charge in [0.05, 0.1) is 6.42 Å². The number of alkyl halides is 1. The Morgan fingerprint density at radius 2 is 2.19 bits per heavy atom. The lowest BCUT2D eigenvalue weighted by molar-refractivity contribution is -0.137. The van der Waals surface area contributed by atoms with Gasteiger partial charge in [0, 0.05) is 51.3 Å². The summed E-state index contributed by atoms with van der Waals surface area (Å²) in [6.45, 7) is 4.32. The molecule has 8 heteroatoms. The van der Waals surface area contributed by atoms with E-state index in [1.807, 2.05) is 37.3 Å². The number of carboxylic acids is 1. The summed E-state index contributed by atoms with van der Waals surface area (Å²) in [6.07, 6.45) is 3.93. The number of benzene rings is 1. The number of carboxylic acid groups (broad SMARTS) is 1. The van der Waals surface area contributed by atoms with E-state index in [0.29, 0.717) is 51.1 Å². The van der Waals surface area contributed by atoms with Crippen molar-refractivity contribution in [2.45, 2.75) is 69.7 Å². The third-order valence-corrected chi connectivity index (χ3v) is 7.26. The van der Waals surface area contributed by atoms with Crippen molar-refractivity contribution in [3.8, 4) is 5.75 Å². The van der Waals surface area contributed by atoms with Gasteiger partial charge in [0.15, 0.2) is 6.29 Å². The number of pyridine rings is 1. The topological polar surface area (TPSA) is 83.9 Å². The highest BCUT2D eigenvalue weighted by Gasteiger charge is 2.39. The first-order valence-electron chi connectivity index (χ1n) is 13.0. The van der Waals surface area contributed by atoms with Gasteiger partial charge in [0.2, 0.25) is 0 Å². The third-order valence-electron chi connectivity index (χ3n) is 7.26. The second-order valence-electron chi connectivity index (χ2n) is 10.0. The van der Waals surface area contributed by atoms with Crippen LogP contribution in [0.15, 0.2) is 36.4 Å². The maximum Gasteiger partial charge on any atom is 0.304 e. The summed E-state index contributed by atoms with van der Waals surface area (Å²) in [6, 6.07) is 11.6. The van der Waals surface area contributed by atoms with Gasteiger partial charge in [-0.25, -0.2) is 9.37 Å². The fourth-order valence-electron chi connectivity index (χ4n) is 5.24. The van der Waals surface area contributed by atoms with Crippen LogP contribution < -0.4 is 10.1 Å². The fourth-order valence-corrected chi connectivity index (χ4v) is 5.24. The van der Waals surface area contributed by atoms with Crippen LogP contribution in [0.1, 0.15) is 61.8 Å². The van der Waals surface area contributed by atoms with Gasteiger partial charge in [-0.1, -0.05) is 25.1 Å². The summed E-state index contributed by atoms with van der Waals surface area (Å²) < 4.78 is 26.9. The molecule has 0 radical (unpaired) electrons. The Labute approximate surface area is 213 Å². The molecule has 3 atom stereocenters. The monoisotopic (exact) mass is 499 g/mol. The quantitative estimate of drug-likeness (QED) is 0.406. The van der Waals surface area contributed by atoms with Crippen LogP contribution in [0.4, 0.5) is 10.2 Å². The summed E-state index contributed by atoms with van der Waals surface area (Å²) >= 11 is 0. The minimum absolute atomic E-state index is 0.0211. The molecule has 2 unspecified atom stereocenters. The molecule has 2 N–H and O–H groups in total. The second kappa shape index (κ2) is 12.0. The predicted octanol–water partition coefficient (Wildman–Crippen LogP) is 4.81. The van der Waals surface area contributed by atoms with Gasteiger partial charge in [-0.15, -0.1) is 0 Å². The number of halogens is 1. The zero-order valence-electron chi connectivity index (χ0n) is 21.3. The van der Waals surface area contributed by atoms with Crippen molar-refractivity contribution < 1.29 is 23.8 Å². The Morgan fingerprint density at radius 3 is 2.97 bits per heavy atom. The predicted molar refractivity (Wildman–Crippen MR) is 137 cm³/mol. The first-order chi connectivity index (χ1) is 17.4. The van der Waals surface area contributed by atoms with E-state index in [9.17, 15) is 9.90 Å². The van der Waals surface area contributed by atoms with Gasteiger partial charge in [0.25, 0.3) is 0 Å². The zero-order chi connectivity index (χ0) is 25.5. The smallest absolute Gasteiger partial charge is 0.304 e. The number of hydrogen-bond acceptors (Lipinski definition) is 6. The van der Waals surface area contributed by atoms with Crippen LogP contribution in [-0.2, 0) is 22.4 Å². The molecule has 1 saturated heterocycles. The maximum absolute atomic E-state index is 15.8. The van der Waals surface area contributed by atoms with E-state index in [4.69, 9.17) is 14.5 Å². The molecule has 0 spiro atoms. The zero-order valence-corrected chi connectivity index (χ0v) is 21.3. The minimum Gasteiger partial charge on any atom is -0.481 e. The molecule has 3 heterocycles. The Morgan fingerprint density at radius 1 is 1.33 bits per heavy atom. The lowest BCUT2D eigenvalue weighted by Gasteiger charge is -2.25. The number of nitrogens with zero attached hydrogens (tertiary/aromatic N) is 2. The van der Waals surface area contributed by atoms with Crippen molar-refractivity contribution in [3.63, 3.8) is 0 Å². The molecular weight excluding hydrogens is 461 g/mol. The van der Waals surface area contributed by atoms with Crippen LogP contribution in [0.3, 0.4) is 0 Å². The number of anilines is 1. The average molecular weight is 500 g/mol. The van der Waals surface area contributed by atoms with Crippen molar-refractivity contribution >= 4 is 11.8 Å². The van der Waals surface area contributed by atoms with Crippen LogP contribution >= 0.6 is 0 Å². The molecule has 4 rings (SSSR count). The average Bonchev–Trinajstić information content (AvgIpc) is 3.26. The van der Waals surface area contributed by atoms with E-state index in [1.165, 1.54) is 5.56 Å². The molecule has 7 nitrogen and oxygen atoms in total. The number of likely N-dealkylation sites (tertiary alicyclic amines) is 1. The Hall–Kier alpha value is -2.71. The van der Waals surface area contributed by atoms with Gasteiger partial charge in [-0.2, -0.15) is 0 Å². The lowest BCUT2D eigenvalue weighted by Crippen LogP contribution is -2.32. The van der Waals surface area contributed by atoms with E-state index in [0.717, 1.165) is 36.5 Å². The van der Waals surface area contributed by atoms with E-state index in [2.05, 4.69) is 16.3 Å². The van der Waals surface area contributed by atoms with E-state index >= 15 is 4.39 Å². The number of nitrogens with one attached hydrogen (secondary N) is 1. The molecule has 0 bridgehead atoms. The van der Waals surface area contributed by atoms with Crippen molar-refractivity contribution in [2.24, 2.45) is 0 Å². The molecule has 36 heavy (non-hydrogen) atoms. The molecule has 0 saturated carbocycles. The van der Waals surface area contributed by atoms with Gasteiger partial charge in [-0.05, 0) is 61.4 Å². The summed E-state index contributed by atoms with van der Waals surface area (Å²) in [5.41, 5.74) is 1.73. The van der Waals surface area contributed by atoms with Crippen LogP contribution in [0.25, 0.3) is 0 Å².